The molecular weight excluding hydrogens is 296 g/mol. The van der Waals surface area contributed by atoms with E-state index in [-0.39, 0.29) is 19.0 Å². The van der Waals surface area contributed by atoms with Gasteiger partial charge in [-0.2, -0.15) is 0 Å². The van der Waals surface area contributed by atoms with Gasteiger partial charge in [0.15, 0.2) is 0 Å². The van der Waals surface area contributed by atoms with Gasteiger partial charge in [-0.15, -0.1) is 0 Å². The number of rotatable bonds is 14. The molecule has 0 heterocycles. The van der Waals surface area contributed by atoms with Gasteiger partial charge in [-0.1, -0.05) is 27.7 Å². The molecule has 0 aromatic rings. The van der Waals surface area contributed by atoms with Crippen LogP contribution in [-0.4, -0.2) is 97.1 Å². The summed E-state index contributed by atoms with van der Waals surface area (Å²) in [7, 11) is 0. The van der Waals surface area contributed by atoms with Crippen molar-refractivity contribution < 1.29 is 14.7 Å². The van der Waals surface area contributed by atoms with Crippen LogP contribution in [0.5, 0.6) is 0 Å². The lowest BCUT2D eigenvalue weighted by atomic mass is 10.3. The summed E-state index contributed by atoms with van der Waals surface area (Å²) in [5, 5.41) is 11.1. The molecule has 0 bridgehead atoms. The predicted octanol–water partition coefficient (Wildman–Crippen LogP) is 0.173. The number of carbonyl (C=O) groups is 2. The summed E-state index contributed by atoms with van der Waals surface area (Å²) in [5.41, 5.74) is 0. The second-order valence-corrected chi connectivity index (χ2v) is 5.50. The van der Waals surface area contributed by atoms with Gasteiger partial charge in [0.1, 0.15) is 6.54 Å². The summed E-state index contributed by atoms with van der Waals surface area (Å²) in [6.07, 6.45) is 0. The first-order chi connectivity index (χ1) is 11.0. The number of nitrogens with zero attached hydrogens (tertiary/aromatic N) is 3. The van der Waals surface area contributed by atoms with Gasteiger partial charge in [0.2, 0.25) is 5.91 Å². The quantitative estimate of drug-likeness (QED) is 0.473. The Morgan fingerprint density at radius 1 is 0.783 bits per heavy atom. The average molecular weight is 330 g/mol. The Bertz CT molecular complexity index is 315. The first-order valence-electron chi connectivity index (χ1n) is 8.62. The molecular formula is C16H34N4O3. The number of hydrogen-bond donors (Lipinski definition) is 2. The molecule has 7 nitrogen and oxygen atoms in total. The first-order valence-corrected chi connectivity index (χ1v) is 8.62. The molecule has 0 aliphatic rings. The zero-order valence-electron chi connectivity index (χ0n) is 15.2. The van der Waals surface area contributed by atoms with E-state index in [0.717, 1.165) is 52.4 Å². The zero-order chi connectivity index (χ0) is 17.7. The molecule has 0 aromatic carbocycles. The SMILES string of the molecule is CCN(CC)CCN(CCN(CC)CC)CC(=O)NCC(=O)O. The van der Waals surface area contributed by atoms with E-state index in [1.165, 1.54) is 0 Å². The van der Waals surface area contributed by atoms with Crippen LogP contribution in [0, 0.1) is 0 Å². The molecule has 23 heavy (non-hydrogen) atoms. The highest BCUT2D eigenvalue weighted by Crippen LogP contribution is 1.95. The van der Waals surface area contributed by atoms with Crippen LogP contribution in [0.2, 0.25) is 0 Å². The molecule has 0 aromatic heterocycles. The summed E-state index contributed by atoms with van der Waals surface area (Å²) >= 11 is 0. The summed E-state index contributed by atoms with van der Waals surface area (Å²) < 4.78 is 0. The molecule has 7 heteroatoms. The van der Waals surface area contributed by atoms with E-state index in [4.69, 9.17) is 5.11 Å². The van der Waals surface area contributed by atoms with Crippen LogP contribution in [-0.2, 0) is 9.59 Å². The van der Waals surface area contributed by atoms with Crippen molar-refractivity contribution in [1.82, 2.24) is 20.0 Å². The van der Waals surface area contributed by atoms with E-state index in [9.17, 15) is 9.59 Å². The van der Waals surface area contributed by atoms with Crippen LogP contribution >= 0.6 is 0 Å². The number of likely N-dealkylation sites (N-methyl/N-ethyl adjacent to an activating group) is 2. The Labute approximate surface area is 140 Å². The smallest absolute Gasteiger partial charge is 0.322 e. The average Bonchev–Trinajstić information content (AvgIpc) is 2.54. The van der Waals surface area contributed by atoms with Crippen molar-refractivity contribution in [2.75, 3.05) is 65.4 Å². The maximum Gasteiger partial charge on any atom is 0.322 e. The van der Waals surface area contributed by atoms with Crippen molar-refractivity contribution in [3.05, 3.63) is 0 Å². The number of carboxylic acids is 1. The normalized spacial score (nSPS) is 11.4. The van der Waals surface area contributed by atoms with Gasteiger partial charge in [0.25, 0.3) is 0 Å². The molecule has 136 valence electrons. The molecule has 0 fully saturated rings. The van der Waals surface area contributed by atoms with Crippen molar-refractivity contribution in [2.45, 2.75) is 27.7 Å². The second kappa shape index (κ2) is 13.3. The minimum absolute atomic E-state index is 0.230. The highest BCUT2D eigenvalue weighted by atomic mass is 16.4. The van der Waals surface area contributed by atoms with E-state index >= 15 is 0 Å². The monoisotopic (exact) mass is 330 g/mol. The molecule has 0 atom stereocenters. The van der Waals surface area contributed by atoms with Crippen molar-refractivity contribution >= 4 is 11.9 Å². The third kappa shape index (κ3) is 11.1. The lowest BCUT2D eigenvalue weighted by Crippen LogP contribution is -2.45. The fraction of sp³-hybridized carbons (Fsp3) is 0.875. The van der Waals surface area contributed by atoms with E-state index < -0.39 is 5.97 Å². The summed E-state index contributed by atoms with van der Waals surface area (Å²) in [5.74, 6) is -1.25. The number of amides is 1. The Morgan fingerprint density at radius 2 is 1.17 bits per heavy atom. The Hall–Kier alpha value is -1.18. The number of carbonyl (C=O) groups excluding carboxylic acids is 1. The minimum Gasteiger partial charge on any atom is -0.480 e. The highest BCUT2D eigenvalue weighted by molar-refractivity contribution is 5.82. The van der Waals surface area contributed by atoms with Gasteiger partial charge >= 0.3 is 5.97 Å². The number of hydrogen-bond acceptors (Lipinski definition) is 5. The van der Waals surface area contributed by atoms with Gasteiger partial charge in [-0.25, -0.2) is 0 Å². The van der Waals surface area contributed by atoms with Crippen LogP contribution < -0.4 is 5.32 Å². The molecule has 0 aliphatic heterocycles. The molecule has 0 saturated carbocycles. The van der Waals surface area contributed by atoms with E-state index in [0.29, 0.717) is 0 Å². The van der Waals surface area contributed by atoms with Crippen LogP contribution in [0.25, 0.3) is 0 Å². The molecule has 1 amide bonds. The Morgan fingerprint density at radius 3 is 1.52 bits per heavy atom. The minimum atomic E-state index is -1.02. The van der Waals surface area contributed by atoms with Crippen LogP contribution in [0.1, 0.15) is 27.7 Å². The van der Waals surface area contributed by atoms with Gasteiger partial charge in [0, 0.05) is 26.2 Å². The number of nitrogens with one attached hydrogen (secondary N) is 1. The van der Waals surface area contributed by atoms with Crippen molar-refractivity contribution in [1.29, 1.82) is 0 Å². The van der Waals surface area contributed by atoms with Crippen molar-refractivity contribution in [3.8, 4) is 0 Å². The molecule has 0 radical (unpaired) electrons. The fourth-order valence-electron chi connectivity index (χ4n) is 2.35. The van der Waals surface area contributed by atoms with Crippen LogP contribution in [0.15, 0.2) is 0 Å². The van der Waals surface area contributed by atoms with Crippen molar-refractivity contribution in [2.24, 2.45) is 0 Å². The van der Waals surface area contributed by atoms with Crippen molar-refractivity contribution in [3.63, 3.8) is 0 Å². The molecule has 0 rings (SSSR count). The van der Waals surface area contributed by atoms with Gasteiger partial charge in [-0.3, -0.25) is 14.5 Å². The van der Waals surface area contributed by atoms with Crippen LogP contribution in [0.3, 0.4) is 0 Å². The standard InChI is InChI=1S/C16H34N4O3/c1-5-18(6-2)9-11-20(12-10-19(7-3)8-4)14-15(21)17-13-16(22)23/h5-14H2,1-4H3,(H,17,21)(H,22,23). The zero-order valence-corrected chi connectivity index (χ0v) is 15.2. The fourth-order valence-corrected chi connectivity index (χ4v) is 2.35. The predicted molar refractivity (Wildman–Crippen MR) is 92.7 cm³/mol. The molecule has 0 spiro atoms. The third-order valence-electron chi connectivity index (χ3n) is 4.06. The van der Waals surface area contributed by atoms with E-state index in [1.54, 1.807) is 0 Å². The Balaban J connectivity index is 4.45. The third-order valence-corrected chi connectivity index (χ3v) is 4.06. The van der Waals surface area contributed by atoms with E-state index in [1.807, 2.05) is 0 Å². The summed E-state index contributed by atoms with van der Waals surface area (Å²) in [6.45, 7) is 15.9. The lowest BCUT2D eigenvalue weighted by molar-refractivity contribution is -0.138. The topological polar surface area (TPSA) is 76.1 Å². The van der Waals surface area contributed by atoms with Gasteiger partial charge in [0.05, 0.1) is 6.54 Å². The second-order valence-electron chi connectivity index (χ2n) is 5.50. The van der Waals surface area contributed by atoms with Gasteiger partial charge < -0.3 is 20.2 Å². The largest absolute Gasteiger partial charge is 0.480 e. The number of carboxylic acid groups (broad SMARTS) is 1. The molecule has 0 aliphatic carbocycles. The van der Waals surface area contributed by atoms with Gasteiger partial charge in [-0.05, 0) is 26.2 Å². The maximum atomic E-state index is 11.9. The van der Waals surface area contributed by atoms with E-state index in [2.05, 4.69) is 47.7 Å². The van der Waals surface area contributed by atoms with Crippen LogP contribution in [0.4, 0.5) is 0 Å². The molecule has 0 unspecified atom stereocenters. The highest BCUT2D eigenvalue weighted by Gasteiger charge is 2.13. The lowest BCUT2D eigenvalue weighted by Gasteiger charge is -2.28. The summed E-state index contributed by atoms with van der Waals surface area (Å²) in [6, 6.07) is 0. The first kappa shape index (κ1) is 21.8. The molecule has 0 saturated heterocycles. The maximum absolute atomic E-state index is 11.9. The molecule has 2 N–H and O–H groups in total. The number of aliphatic carboxylic acids is 1. The Kier molecular flexibility index (Phi) is 12.6. The summed E-state index contributed by atoms with van der Waals surface area (Å²) in [4.78, 5) is 29.2.